The van der Waals surface area contributed by atoms with Crippen molar-refractivity contribution < 1.29 is 0 Å². The largest absolute Gasteiger partial charge is 0.319 e. The van der Waals surface area contributed by atoms with E-state index in [2.05, 4.69) is 4.98 Å². The van der Waals surface area contributed by atoms with E-state index in [0.29, 0.717) is 0 Å². The zero-order valence-electron chi connectivity index (χ0n) is 3.76. The van der Waals surface area contributed by atoms with Gasteiger partial charge in [0.15, 0.2) is 0 Å². The van der Waals surface area contributed by atoms with Gasteiger partial charge in [-0.15, -0.1) is 22.2 Å². The van der Waals surface area contributed by atoms with Gasteiger partial charge in [-0.1, -0.05) is 0 Å². The van der Waals surface area contributed by atoms with Crippen LogP contribution in [0.4, 0.5) is 0 Å². The molecule has 0 spiro atoms. The second-order valence-electron chi connectivity index (χ2n) is 1.14. The van der Waals surface area contributed by atoms with Gasteiger partial charge in [0.25, 0.3) is 0 Å². The number of rotatable bonds is 1. The molecule has 0 bridgehead atoms. The SMILES string of the molecule is CN[Si](C)(Cl)Cl. The molecule has 0 aliphatic carbocycles. The van der Waals surface area contributed by atoms with Gasteiger partial charge in [-0.2, -0.15) is 0 Å². The topological polar surface area (TPSA) is 12.0 Å². The van der Waals surface area contributed by atoms with Crippen LogP contribution in [0.1, 0.15) is 0 Å². The van der Waals surface area contributed by atoms with Gasteiger partial charge < -0.3 is 4.98 Å². The van der Waals surface area contributed by atoms with E-state index < -0.39 is 6.86 Å². The number of hydrogen-bond acceptors (Lipinski definition) is 1. The van der Waals surface area contributed by atoms with Crippen molar-refractivity contribution in [2.45, 2.75) is 6.55 Å². The molecule has 38 valence electrons. The standard InChI is InChI=1S/C2H7Cl2NSi/c1-5-6(2,3)4/h5H,1-2H3. The van der Waals surface area contributed by atoms with E-state index in [4.69, 9.17) is 22.2 Å². The Morgan fingerprint density at radius 3 is 1.67 bits per heavy atom. The Hall–Kier alpha value is 0.757. The molecule has 0 rings (SSSR count). The quantitative estimate of drug-likeness (QED) is 0.431. The molecule has 0 aromatic rings. The highest BCUT2D eigenvalue weighted by Gasteiger charge is 2.15. The fraction of sp³-hybridized carbons (Fsp3) is 1.00. The zero-order chi connectivity index (χ0) is 5.21. The second-order valence-corrected chi connectivity index (χ2v) is 8.53. The fourth-order valence-electron chi connectivity index (χ4n) is 0. The Morgan fingerprint density at radius 2 is 1.67 bits per heavy atom. The van der Waals surface area contributed by atoms with Crippen molar-refractivity contribution in [3.8, 4) is 0 Å². The molecular formula is C2H7Cl2NSi. The van der Waals surface area contributed by atoms with Crippen LogP contribution in [0, 0.1) is 0 Å². The van der Waals surface area contributed by atoms with Gasteiger partial charge in [0, 0.05) is 0 Å². The van der Waals surface area contributed by atoms with E-state index >= 15 is 0 Å². The number of halogens is 2. The first-order valence-corrected chi connectivity index (χ1v) is 6.15. The summed E-state index contributed by atoms with van der Waals surface area (Å²) in [6.45, 7) is -0.135. The van der Waals surface area contributed by atoms with E-state index in [-0.39, 0.29) is 0 Å². The van der Waals surface area contributed by atoms with Crippen LogP contribution >= 0.6 is 22.2 Å². The fourth-order valence-corrected chi connectivity index (χ4v) is 0. The molecule has 0 fully saturated rings. The van der Waals surface area contributed by atoms with Gasteiger partial charge in [-0.25, -0.2) is 0 Å². The highest BCUT2D eigenvalue weighted by Crippen LogP contribution is 2.06. The molecule has 0 heterocycles. The predicted molar refractivity (Wildman–Crippen MR) is 32.4 cm³/mol. The van der Waals surface area contributed by atoms with Crippen molar-refractivity contribution in [1.82, 2.24) is 4.98 Å². The minimum absolute atomic E-state index is 1.76. The van der Waals surface area contributed by atoms with Crippen LogP contribution in [-0.4, -0.2) is 13.9 Å². The summed E-state index contributed by atoms with van der Waals surface area (Å²) in [7, 11) is 1.76. The number of hydrogen-bond donors (Lipinski definition) is 1. The second kappa shape index (κ2) is 2.16. The van der Waals surface area contributed by atoms with Gasteiger partial charge in [0.05, 0.1) is 0 Å². The molecule has 1 N–H and O–H groups in total. The molecule has 4 heteroatoms. The molecule has 0 saturated carbocycles. The highest BCUT2D eigenvalue weighted by atomic mass is 35.7. The average molecular weight is 144 g/mol. The van der Waals surface area contributed by atoms with Gasteiger partial charge in [0.1, 0.15) is 0 Å². The summed E-state index contributed by atoms with van der Waals surface area (Å²) in [5, 5.41) is 0. The third-order valence-electron chi connectivity index (χ3n) is 0.439. The van der Waals surface area contributed by atoms with E-state index in [1.165, 1.54) is 0 Å². The summed E-state index contributed by atoms with van der Waals surface area (Å²) in [5.74, 6) is 0. The maximum absolute atomic E-state index is 5.51. The summed E-state index contributed by atoms with van der Waals surface area (Å²) < 4.78 is 0. The Morgan fingerprint density at radius 1 is 1.50 bits per heavy atom. The number of nitrogens with one attached hydrogen (secondary N) is 1. The summed E-state index contributed by atoms with van der Waals surface area (Å²) in [4.78, 5) is 2.77. The van der Waals surface area contributed by atoms with Gasteiger partial charge in [0.2, 0.25) is 0 Å². The molecule has 0 aromatic carbocycles. The molecule has 6 heavy (non-hydrogen) atoms. The first-order valence-electron chi connectivity index (χ1n) is 1.63. The molecular weight excluding hydrogens is 137 g/mol. The van der Waals surface area contributed by atoms with Crippen LogP contribution in [0.15, 0.2) is 0 Å². The van der Waals surface area contributed by atoms with Crippen LogP contribution in [0.2, 0.25) is 6.55 Å². The van der Waals surface area contributed by atoms with E-state index in [9.17, 15) is 0 Å². The minimum Gasteiger partial charge on any atom is -0.317 e. The van der Waals surface area contributed by atoms with Crippen LogP contribution in [-0.2, 0) is 0 Å². The Kier molecular flexibility index (Phi) is 2.44. The maximum atomic E-state index is 5.51. The van der Waals surface area contributed by atoms with Crippen LogP contribution < -0.4 is 4.98 Å². The van der Waals surface area contributed by atoms with Crippen molar-refractivity contribution in [3.63, 3.8) is 0 Å². The highest BCUT2D eigenvalue weighted by molar-refractivity contribution is 7.43. The van der Waals surface area contributed by atoms with E-state index in [1.54, 1.807) is 13.6 Å². The molecule has 0 radical (unpaired) electrons. The molecule has 0 aliphatic rings. The Balaban J connectivity index is 3.17. The van der Waals surface area contributed by atoms with E-state index in [0.717, 1.165) is 0 Å². The van der Waals surface area contributed by atoms with Crippen molar-refractivity contribution >= 4 is 29.0 Å². The average Bonchev–Trinajstić information content (AvgIpc) is 1.35. The molecule has 0 saturated heterocycles. The molecule has 0 unspecified atom stereocenters. The smallest absolute Gasteiger partial charge is 0.317 e. The van der Waals surface area contributed by atoms with Gasteiger partial charge in [-0.05, 0) is 13.6 Å². The van der Waals surface area contributed by atoms with Gasteiger partial charge >= 0.3 is 6.86 Å². The summed E-state index contributed by atoms with van der Waals surface area (Å²) in [6.07, 6.45) is 0. The molecule has 0 aliphatic heterocycles. The normalized spacial score (nSPS) is 12.0. The molecule has 0 atom stereocenters. The minimum atomic E-state index is -1.94. The van der Waals surface area contributed by atoms with Crippen LogP contribution in [0.25, 0.3) is 0 Å². The lowest BCUT2D eigenvalue weighted by Crippen LogP contribution is -2.32. The van der Waals surface area contributed by atoms with Crippen molar-refractivity contribution in [2.24, 2.45) is 0 Å². The lowest BCUT2D eigenvalue weighted by molar-refractivity contribution is 1.23. The molecule has 0 aromatic heterocycles. The van der Waals surface area contributed by atoms with Crippen molar-refractivity contribution in [3.05, 3.63) is 0 Å². The third kappa shape index (κ3) is 4.76. The predicted octanol–water partition coefficient (Wildman–Crippen LogP) is 1.25. The first kappa shape index (κ1) is 6.76. The van der Waals surface area contributed by atoms with Crippen LogP contribution in [0.5, 0.6) is 0 Å². The maximum Gasteiger partial charge on any atom is 0.319 e. The molecule has 0 amide bonds. The van der Waals surface area contributed by atoms with Crippen molar-refractivity contribution in [1.29, 1.82) is 0 Å². The van der Waals surface area contributed by atoms with Crippen LogP contribution in [0.3, 0.4) is 0 Å². The third-order valence-corrected chi connectivity index (χ3v) is 2.45. The lowest BCUT2D eigenvalue weighted by Gasteiger charge is -2.04. The summed E-state index contributed by atoms with van der Waals surface area (Å²) in [5.41, 5.74) is 0. The Bertz CT molecular complexity index is 41.3. The lowest BCUT2D eigenvalue weighted by atomic mass is 11.6. The first-order chi connectivity index (χ1) is 2.56. The van der Waals surface area contributed by atoms with Crippen molar-refractivity contribution in [2.75, 3.05) is 7.05 Å². The van der Waals surface area contributed by atoms with E-state index in [1.807, 2.05) is 0 Å². The summed E-state index contributed by atoms with van der Waals surface area (Å²) in [6, 6.07) is 0. The Labute approximate surface area is 48.1 Å². The summed E-state index contributed by atoms with van der Waals surface area (Å²) >= 11 is 11.0. The molecule has 1 nitrogen and oxygen atoms in total. The zero-order valence-corrected chi connectivity index (χ0v) is 6.27. The van der Waals surface area contributed by atoms with Gasteiger partial charge in [-0.3, -0.25) is 0 Å². The monoisotopic (exact) mass is 143 g/mol.